The first kappa shape index (κ1) is 9.49. The fraction of sp³-hybridized carbons (Fsp3) is 0.200. The second kappa shape index (κ2) is 5.12. The van der Waals surface area contributed by atoms with Crippen LogP contribution in [0.15, 0.2) is 34.8 Å². The summed E-state index contributed by atoms with van der Waals surface area (Å²) in [7, 11) is 1.68. The lowest BCUT2D eigenvalue weighted by Gasteiger charge is -1.96. The molecule has 0 N–H and O–H groups in total. The zero-order valence-electron chi connectivity index (χ0n) is 6.96. The molecule has 0 spiro atoms. The summed E-state index contributed by atoms with van der Waals surface area (Å²) in [4.78, 5) is 0. The van der Waals surface area contributed by atoms with Gasteiger partial charge in [-0.25, -0.2) is 0 Å². The number of benzene rings is 1. The maximum absolute atomic E-state index is 4.90. The first-order valence-electron chi connectivity index (χ1n) is 3.74. The topological polar surface area (TPSA) is 9.23 Å². The van der Waals surface area contributed by atoms with Crippen LogP contribution in [0.3, 0.4) is 0 Å². The van der Waals surface area contributed by atoms with E-state index in [1.54, 1.807) is 7.11 Å². The van der Waals surface area contributed by atoms with Crippen molar-refractivity contribution in [3.8, 4) is 0 Å². The van der Waals surface area contributed by atoms with E-state index in [9.17, 15) is 0 Å². The maximum atomic E-state index is 4.90. The molecule has 0 unspecified atom stereocenters. The fourth-order valence-corrected chi connectivity index (χ4v) is 1.30. The average molecular weight is 227 g/mol. The van der Waals surface area contributed by atoms with Crippen LogP contribution in [0, 0.1) is 0 Å². The van der Waals surface area contributed by atoms with Gasteiger partial charge in [0.05, 0.1) is 6.61 Å². The lowest BCUT2D eigenvalue weighted by molar-refractivity contribution is 0.234. The SMILES string of the molecule is COC/C=C/c1ccccc1Br. The van der Waals surface area contributed by atoms with Crippen LogP contribution in [-0.4, -0.2) is 13.7 Å². The molecule has 1 nitrogen and oxygen atoms in total. The van der Waals surface area contributed by atoms with Crippen LogP contribution in [0.5, 0.6) is 0 Å². The molecule has 0 aliphatic rings. The lowest BCUT2D eigenvalue weighted by atomic mass is 10.2. The third kappa shape index (κ3) is 2.80. The number of hydrogen-bond acceptors (Lipinski definition) is 1. The van der Waals surface area contributed by atoms with Crippen molar-refractivity contribution < 1.29 is 4.74 Å². The molecule has 0 heterocycles. The molecular weight excluding hydrogens is 216 g/mol. The van der Waals surface area contributed by atoms with E-state index in [0.29, 0.717) is 6.61 Å². The Bertz CT molecular complexity index is 268. The Hall–Kier alpha value is -0.600. The van der Waals surface area contributed by atoms with Crippen molar-refractivity contribution in [2.45, 2.75) is 0 Å². The Kier molecular flexibility index (Phi) is 4.05. The number of methoxy groups -OCH3 is 1. The molecule has 64 valence electrons. The Morgan fingerprint density at radius 1 is 1.42 bits per heavy atom. The van der Waals surface area contributed by atoms with Crippen LogP contribution in [0.1, 0.15) is 5.56 Å². The molecule has 0 radical (unpaired) electrons. The molecule has 1 aromatic carbocycles. The summed E-state index contributed by atoms with van der Waals surface area (Å²) in [5.74, 6) is 0. The molecule has 0 fully saturated rings. The largest absolute Gasteiger partial charge is 0.381 e. The van der Waals surface area contributed by atoms with Gasteiger partial charge in [-0.15, -0.1) is 0 Å². The Balaban J connectivity index is 2.68. The maximum Gasteiger partial charge on any atom is 0.0646 e. The van der Waals surface area contributed by atoms with Crippen molar-refractivity contribution in [2.75, 3.05) is 13.7 Å². The highest BCUT2D eigenvalue weighted by Crippen LogP contribution is 2.16. The van der Waals surface area contributed by atoms with Gasteiger partial charge in [-0.2, -0.15) is 0 Å². The van der Waals surface area contributed by atoms with Crippen LogP contribution in [0.4, 0.5) is 0 Å². The predicted molar refractivity (Wildman–Crippen MR) is 55.1 cm³/mol. The van der Waals surface area contributed by atoms with E-state index in [1.165, 1.54) is 5.56 Å². The van der Waals surface area contributed by atoms with E-state index in [-0.39, 0.29) is 0 Å². The molecule has 0 saturated heterocycles. The Labute approximate surface area is 81.2 Å². The number of rotatable bonds is 3. The second-order valence-electron chi connectivity index (χ2n) is 2.38. The average Bonchev–Trinajstić information content (AvgIpc) is 2.09. The number of ether oxygens (including phenoxy) is 1. The van der Waals surface area contributed by atoms with Crippen molar-refractivity contribution in [3.05, 3.63) is 40.4 Å². The van der Waals surface area contributed by atoms with Crippen LogP contribution in [0.25, 0.3) is 6.08 Å². The van der Waals surface area contributed by atoms with Gasteiger partial charge in [0.25, 0.3) is 0 Å². The summed E-state index contributed by atoms with van der Waals surface area (Å²) in [6.45, 7) is 0.654. The van der Waals surface area contributed by atoms with Gasteiger partial charge in [0.15, 0.2) is 0 Å². The van der Waals surface area contributed by atoms with Gasteiger partial charge in [0.1, 0.15) is 0 Å². The van der Waals surface area contributed by atoms with E-state index < -0.39 is 0 Å². The van der Waals surface area contributed by atoms with Crippen LogP contribution >= 0.6 is 15.9 Å². The minimum absolute atomic E-state index is 0.654. The normalized spacial score (nSPS) is 10.8. The van der Waals surface area contributed by atoms with Gasteiger partial charge >= 0.3 is 0 Å². The van der Waals surface area contributed by atoms with Crippen molar-refractivity contribution in [2.24, 2.45) is 0 Å². The minimum atomic E-state index is 0.654. The highest BCUT2D eigenvalue weighted by atomic mass is 79.9. The summed E-state index contributed by atoms with van der Waals surface area (Å²) in [6, 6.07) is 8.08. The highest BCUT2D eigenvalue weighted by molar-refractivity contribution is 9.10. The van der Waals surface area contributed by atoms with Gasteiger partial charge in [-0.05, 0) is 11.6 Å². The van der Waals surface area contributed by atoms with E-state index in [4.69, 9.17) is 4.74 Å². The molecule has 1 aromatic rings. The van der Waals surface area contributed by atoms with Crippen molar-refractivity contribution in [3.63, 3.8) is 0 Å². The molecular formula is C10H11BrO. The molecule has 0 atom stereocenters. The van der Waals surface area contributed by atoms with Gasteiger partial charge < -0.3 is 4.74 Å². The molecule has 0 aliphatic carbocycles. The van der Waals surface area contributed by atoms with Crippen LogP contribution in [-0.2, 0) is 4.74 Å². The van der Waals surface area contributed by atoms with E-state index in [1.807, 2.05) is 30.4 Å². The van der Waals surface area contributed by atoms with Crippen LogP contribution < -0.4 is 0 Å². The highest BCUT2D eigenvalue weighted by Gasteiger charge is 1.90. The molecule has 0 saturated carbocycles. The molecule has 12 heavy (non-hydrogen) atoms. The van der Waals surface area contributed by atoms with E-state index in [0.717, 1.165) is 4.47 Å². The Morgan fingerprint density at radius 2 is 2.17 bits per heavy atom. The van der Waals surface area contributed by atoms with Gasteiger partial charge in [0.2, 0.25) is 0 Å². The number of halogens is 1. The molecule has 0 aromatic heterocycles. The minimum Gasteiger partial charge on any atom is -0.381 e. The van der Waals surface area contributed by atoms with Crippen molar-refractivity contribution >= 4 is 22.0 Å². The van der Waals surface area contributed by atoms with Crippen LogP contribution in [0.2, 0.25) is 0 Å². The smallest absolute Gasteiger partial charge is 0.0646 e. The summed E-state index contributed by atoms with van der Waals surface area (Å²) in [5, 5.41) is 0. The standard InChI is InChI=1S/C10H11BrO/c1-12-8-4-6-9-5-2-3-7-10(9)11/h2-7H,8H2,1H3/b6-4+. The van der Waals surface area contributed by atoms with Gasteiger partial charge in [-0.3, -0.25) is 0 Å². The summed E-state index contributed by atoms with van der Waals surface area (Å²) >= 11 is 3.46. The first-order valence-corrected chi connectivity index (χ1v) is 4.54. The Morgan fingerprint density at radius 3 is 2.83 bits per heavy atom. The van der Waals surface area contributed by atoms with E-state index >= 15 is 0 Å². The molecule has 0 bridgehead atoms. The summed E-state index contributed by atoms with van der Waals surface area (Å²) in [6.07, 6.45) is 4.02. The predicted octanol–water partition coefficient (Wildman–Crippen LogP) is 3.11. The molecule has 2 heteroatoms. The fourth-order valence-electron chi connectivity index (χ4n) is 0.882. The monoisotopic (exact) mass is 226 g/mol. The number of hydrogen-bond donors (Lipinski definition) is 0. The van der Waals surface area contributed by atoms with Gasteiger partial charge in [-0.1, -0.05) is 46.3 Å². The second-order valence-corrected chi connectivity index (χ2v) is 3.23. The third-order valence-electron chi connectivity index (χ3n) is 1.47. The summed E-state index contributed by atoms with van der Waals surface area (Å²) in [5.41, 5.74) is 1.18. The zero-order valence-corrected chi connectivity index (χ0v) is 8.54. The zero-order chi connectivity index (χ0) is 8.81. The molecule has 1 rings (SSSR count). The van der Waals surface area contributed by atoms with Gasteiger partial charge in [0, 0.05) is 11.6 Å². The lowest BCUT2D eigenvalue weighted by Crippen LogP contribution is -1.80. The first-order chi connectivity index (χ1) is 5.84. The van der Waals surface area contributed by atoms with Crippen molar-refractivity contribution in [1.82, 2.24) is 0 Å². The van der Waals surface area contributed by atoms with E-state index in [2.05, 4.69) is 22.0 Å². The molecule has 0 aliphatic heterocycles. The quantitative estimate of drug-likeness (QED) is 0.770. The summed E-state index contributed by atoms with van der Waals surface area (Å²) < 4.78 is 6.01. The molecule has 0 amide bonds. The van der Waals surface area contributed by atoms with Crippen molar-refractivity contribution in [1.29, 1.82) is 0 Å². The third-order valence-corrected chi connectivity index (χ3v) is 2.19.